The standard InChI is InChI=1S/C12H16N4O3/c1-3-16-10(13)9(11(17)15-12(16)18)14-7(2)8-5-4-6-19-8/h4-7,14H,3,13H2,1-2H3,(H,15,17,18). The van der Waals surface area contributed by atoms with Crippen LogP contribution >= 0.6 is 0 Å². The summed E-state index contributed by atoms with van der Waals surface area (Å²) in [5.74, 6) is 0.794. The largest absolute Gasteiger partial charge is 0.467 e. The molecule has 0 saturated heterocycles. The molecule has 2 aromatic heterocycles. The van der Waals surface area contributed by atoms with E-state index in [0.29, 0.717) is 12.3 Å². The summed E-state index contributed by atoms with van der Waals surface area (Å²) in [6, 6.07) is 3.31. The van der Waals surface area contributed by atoms with Crippen LogP contribution in [0.3, 0.4) is 0 Å². The van der Waals surface area contributed by atoms with Crippen molar-refractivity contribution in [2.24, 2.45) is 0 Å². The van der Waals surface area contributed by atoms with Gasteiger partial charge in [-0.15, -0.1) is 0 Å². The molecule has 0 aliphatic rings. The van der Waals surface area contributed by atoms with E-state index < -0.39 is 11.2 Å². The van der Waals surface area contributed by atoms with Gasteiger partial charge in [0.15, 0.2) is 0 Å². The highest BCUT2D eigenvalue weighted by molar-refractivity contribution is 5.61. The zero-order chi connectivity index (χ0) is 14.0. The lowest BCUT2D eigenvalue weighted by atomic mass is 10.2. The fraction of sp³-hybridized carbons (Fsp3) is 0.333. The zero-order valence-electron chi connectivity index (χ0n) is 10.8. The molecule has 1 unspecified atom stereocenters. The third kappa shape index (κ3) is 2.40. The normalized spacial score (nSPS) is 12.3. The summed E-state index contributed by atoms with van der Waals surface area (Å²) >= 11 is 0. The highest BCUT2D eigenvalue weighted by Crippen LogP contribution is 2.20. The van der Waals surface area contributed by atoms with Crippen molar-refractivity contribution >= 4 is 11.5 Å². The number of rotatable bonds is 4. The van der Waals surface area contributed by atoms with Crippen LogP contribution in [0, 0.1) is 0 Å². The number of anilines is 2. The van der Waals surface area contributed by atoms with E-state index in [4.69, 9.17) is 10.2 Å². The summed E-state index contributed by atoms with van der Waals surface area (Å²) in [7, 11) is 0. The number of hydrogen-bond acceptors (Lipinski definition) is 5. The van der Waals surface area contributed by atoms with Crippen LogP contribution in [0.15, 0.2) is 32.4 Å². The molecule has 2 rings (SSSR count). The summed E-state index contributed by atoms with van der Waals surface area (Å²) < 4.78 is 6.53. The quantitative estimate of drug-likeness (QED) is 0.760. The molecule has 102 valence electrons. The lowest BCUT2D eigenvalue weighted by Gasteiger charge is -2.16. The van der Waals surface area contributed by atoms with E-state index >= 15 is 0 Å². The Kier molecular flexibility index (Phi) is 3.46. The number of nitrogens with two attached hydrogens (primary N) is 1. The molecule has 2 heterocycles. The fourth-order valence-electron chi connectivity index (χ4n) is 1.87. The molecule has 4 N–H and O–H groups in total. The van der Waals surface area contributed by atoms with Gasteiger partial charge in [-0.2, -0.15) is 0 Å². The fourth-order valence-corrected chi connectivity index (χ4v) is 1.87. The third-order valence-corrected chi connectivity index (χ3v) is 2.89. The Hall–Kier alpha value is -2.44. The van der Waals surface area contributed by atoms with Gasteiger partial charge in [0.25, 0.3) is 5.56 Å². The smallest absolute Gasteiger partial charge is 0.330 e. The van der Waals surface area contributed by atoms with Gasteiger partial charge in [0.2, 0.25) is 0 Å². The Morgan fingerprint density at radius 3 is 2.84 bits per heavy atom. The molecule has 19 heavy (non-hydrogen) atoms. The maximum absolute atomic E-state index is 11.8. The number of H-pyrrole nitrogens is 1. The van der Waals surface area contributed by atoms with Crippen molar-refractivity contribution < 1.29 is 4.42 Å². The summed E-state index contributed by atoms with van der Waals surface area (Å²) in [6.07, 6.45) is 1.55. The molecule has 2 aromatic rings. The van der Waals surface area contributed by atoms with Gasteiger partial charge < -0.3 is 15.5 Å². The second-order valence-electron chi connectivity index (χ2n) is 4.15. The third-order valence-electron chi connectivity index (χ3n) is 2.89. The van der Waals surface area contributed by atoms with Gasteiger partial charge in [-0.05, 0) is 26.0 Å². The molecule has 0 radical (unpaired) electrons. The van der Waals surface area contributed by atoms with E-state index in [9.17, 15) is 9.59 Å². The molecule has 0 saturated carbocycles. The van der Waals surface area contributed by atoms with Crippen LogP contribution in [0.4, 0.5) is 11.5 Å². The van der Waals surface area contributed by atoms with Crippen molar-refractivity contribution in [2.45, 2.75) is 26.4 Å². The lowest BCUT2D eigenvalue weighted by Crippen LogP contribution is -2.34. The topological polar surface area (TPSA) is 106 Å². The Balaban J connectivity index is 2.41. The lowest BCUT2D eigenvalue weighted by molar-refractivity contribution is 0.490. The van der Waals surface area contributed by atoms with Crippen LogP contribution in [-0.2, 0) is 6.54 Å². The predicted octanol–water partition coefficient (Wildman–Crippen LogP) is 0.905. The molecule has 0 bridgehead atoms. The maximum Gasteiger partial charge on any atom is 0.330 e. The molecule has 0 spiro atoms. The monoisotopic (exact) mass is 264 g/mol. The molecule has 0 aliphatic heterocycles. The van der Waals surface area contributed by atoms with E-state index in [1.807, 2.05) is 6.92 Å². The molecular weight excluding hydrogens is 248 g/mol. The first-order valence-electron chi connectivity index (χ1n) is 5.97. The minimum atomic E-state index is -0.536. The number of nitrogens with zero attached hydrogens (tertiary/aromatic N) is 1. The van der Waals surface area contributed by atoms with E-state index in [1.165, 1.54) is 4.57 Å². The van der Waals surface area contributed by atoms with Gasteiger partial charge in [0.05, 0.1) is 12.3 Å². The Labute approximate surface area is 109 Å². The van der Waals surface area contributed by atoms with Gasteiger partial charge in [0.1, 0.15) is 17.3 Å². The van der Waals surface area contributed by atoms with E-state index in [1.54, 1.807) is 25.3 Å². The molecule has 7 nitrogen and oxygen atoms in total. The van der Waals surface area contributed by atoms with Crippen molar-refractivity contribution in [3.63, 3.8) is 0 Å². The number of hydrogen-bond donors (Lipinski definition) is 3. The molecular formula is C12H16N4O3. The Morgan fingerprint density at radius 1 is 1.53 bits per heavy atom. The Morgan fingerprint density at radius 2 is 2.26 bits per heavy atom. The van der Waals surface area contributed by atoms with Crippen LogP contribution in [0.2, 0.25) is 0 Å². The molecule has 0 amide bonds. The summed E-state index contributed by atoms with van der Waals surface area (Å²) in [4.78, 5) is 25.6. The van der Waals surface area contributed by atoms with Crippen molar-refractivity contribution in [2.75, 3.05) is 11.1 Å². The van der Waals surface area contributed by atoms with E-state index in [-0.39, 0.29) is 17.5 Å². The second kappa shape index (κ2) is 5.05. The van der Waals surface area contributed by atoms with Crippen LogP contribution < -0.4 is 22.3 Å². The second-order valence-corrected chi connectivity index (χ2v) is 4.15. The van der Waals surface area contributed by atoms with Crippen molar-refractivity contribution in [3.05, 3.63) is 45.0 Å². The highest BCUT2D eigenvalue weighted by Gasteiger charge is 2.15. The van der Waals surface area contributed by atoms with Gasteiger partial charge in [-0.25, -0.2) is 4.79 Å². The van der Waals surface area contributed by atoms with Gasteiger partial charge in [-0.3, -0.25) is 14.3 Å². The minimum absolute atomic E-state index is 0.120. The van der Waals surface area contributed by atoms with Crippen molar-refractivity contribution in [1.82, 2.24) is 9.55 Å². The maximum atomic E-state index is 11.8. The number of aromatic amines is 1. The molecule has 0 fully saturated rings. The van der Waals surface area contributed by atoms with Crippen molar-refractivity contribution in [1.29, 1.82) is 0 Å². The van der Waals surface area contributed by atoms with Crippen molar-refractivity contribution in [3.8, 4) is 0 Å². The minimum Gasteiger partial charge on any atom is -0.467 e. The molecule has 7 heteroatoms. The zero-order valence-corrected chi connectivity index (χ0v) is 10.8. The first-order valence-corrected chi connectivity index (χ1v) is 5.97. The van der Waals surface area contributed by atoms with Crippen LogP contribution in [0.5, 0.6) is 0 Å². The number of nitrogens with one attached hydrogen (secondary N) is 2. The number of nitrogen functional groups attached to an aromatic ring is 1. The number of furan rings is 1. The van der Waals surface area contributed by atoms with Crippen LogP contribution in [0.25, 0.3) is 0 Å². The molecule has 0 aliphatic carbocycles. The summed E-state index contributed by atoms with van der Waals surface area (Å²) in [5.41, 5.74) is 4.97. The first-order chi connectivity index (χ1) is 9.04. The number of aromatic nitrogens is 2. The average molecular weight is 264 g/mol. The van der Waals surface area contributed by atoms with Gasteiger partial charge in [-0.1, -0.05) is 0 Å². The van der Waals surface area contributed by atoms with Crippen LogP contribution in [0.1, 0.15) is 25.6 Å². The van der Waals surface area contributed by atoms with Crippen LogP contribution in [-0.4, -0.2) is 9.55 Å². The summed E-state index contributed by atoms with van der Waals surface area (Å²) in [5, 5.41) is 2.96. The highest BCUT2D eigenvalue weighted by atomic mass is 16.3. The summed E-state index contributed by atoms with van der Waals surface area (Å²) in [6.45, 7) is 3.99. The SMILES string of the molecule is CCn1c(N)c(NC(C)c2ccco2)c(=O)[nH]c1=O. The van der Waals surface area contributed by atoms with E-state index in [2.05, 4.69) is 10.3 Å². The van der Waals surface area contributed by atoms with Gasteiger partial charge in [0, 0.05) is 6.54 Å². The first kappa shape index (κ1) is 13.0. The Bertz CT molecular complexity index is 669. The molecule has 1 atom stereocenters. The van der Waals surface area contributed by atoms with E-state index in [0.717, 1.165) is 0 Å². The predicted molar refractivity (Wildman–Crippen MR) is 72.2 cm³/mol. The van der Waals surface area contributed by atoms with Gasteiger partial charge >= 0.3 is 5.69 Å². The average Bonchev–Trinajstić information content (AvgIpc) is 2.88. The molecule has 0 aromatic carbocycles.